The maximum absolute atomic E-state index is 13.2. The molecule has 1 aliphatic carbocycles. The van der Waals surface area contributed by atoms with Crippen molar-refractivity contribution >= 4 is 51.5 Å². The molecule has 2 fully saturated rings. The molecule has 3 amide bonds. The van der Waals surface area contributed by atoms with E-state index in [1.54, 1.807) is 24.4 Å². The summed E-state index contributed by atoms with van der Waals surface area (Å²) in [5.74, 6) is -1.39. The fraction of sp³-hybridized carbons (Fsp3) is 0.290. The van der Waals surface area contributed by atoms with Crippen molar-refractivity contribution in [3.05, 3.63) is 78.4 Å². The minimum atomic E-state index is -1.14. The van der Waals surface area contributed by atoms with Crippen molar-refractivity contribution in [3.63, 3.8) is 0 Å². The number of halogens is 1. The molecule has 0 atom stereocenters. The number of morpholine rings is 1. The van der Waals surface area contributed by atoms with Gasteiger partial charge in [-0.1, -0.05) is 0 Å². The molecule has 0 spiro atoms. The molecule has 2 aromatic carbocycles. The third kappa shape index (κ3) is 6.50. The summed E-state index contributed by atoms with van der Waals surface area (Å²) in [6, 6.07) is 16.1. The van der Waals surface area contributed by atoms with E-state index >= 15 is 0 Å². The number of carbonyl (C=O) groups excluding carboxylic acids is 3. The SMILES string of the molecule is O=C(NCCN1CCOCC1)c1cc2c(Nc3ccc(NC(=O)C4(C(=O)Nc5ccc(F)cc5)CC4)cc3)ccnc2[nH]1. The molecule has 11 nitrogen and oxygen atoms in total. The smallest absolute Gasteiger partial charge is 0.267 e. The van der Waals surface area contributed by atoms with Crippen molar-refractivity contribution in [3.8, 4) is 0 Å². The fourth-order valence-electron chi connectivity index (χ4n) is 5.02. The van der Waals surface area contributed by atoms with Gasteiger partial charge in [-0.15, -0.1) is 0 Å². The van der Waals surface area contributed by atoms with Crippen LogP contribution in [0.15, 0.2) is 66.9 Å². The van der Waals surface area contributed by atoms with Crippen molar-refractivity contribution in [1.29, 1.82) is 0 Å². The maximum atomic E-state index is 13.2. The van der Waals surface area contributed by atoms with Crippen molar-refractivity contribution in [2.75, 3.05) is 55.3 Å². The summed E-state index contributed by atoms with van der Waals surface area (Å²) in [5.41, 5.74) is 2.38. The first kappa shape index (κ1) is 28.3. The number of nitrogens with zero attached hydrogens (tertiary/aromatic N) is 2. The third-order valence-corrected chi connectivity index (χ3v) is 7.74. The summed E-state index contributed by atoms with van der Waals surface area (Å²) in [5, 5.41) is 12.6. The molecule has 12 heteroatoms. The van der Waals surface area contributed by atoms with Crippen LogP contribution in [0.4, 0.5) is 27.1 Å². The number of amides is 3. The lowest BCUT2D eigenvalue weighted by Crippen LogP contribution is -2.41. The summed E-state index contributed by atoms with van der Waals surface area (Å²) in [6.07, 6.45) is 2.53. The molecule has 1 saturated heterocycles. The van der Waals surface area contributed by atoms with Crippen LogP contribution in [0.1, 0.15) is 23.3 Å². The minimum absolute atomic E-state index is 0.197. The number of anilines is 4. The Kier molecular flexibility index (Phi) is 8.03. The van der Waals surface area contributed by atoms with Gasteiger partial charge in [0.1, 0.15) is 22.6 Å². The van der Waals surface area contributed by atoms with Crippen molar-refractivity contribution in [2.45, 2.75) is 12.8 Å². The van der Waals surface area contributed by atoms with E-state index < -0.39 is 17.1 Å². The number of ether oxygens (including phenoxy) is 1. The Labute approximate surface area is 247 Å². The average Bonchev–Trinajstić information content (AvgIpc) is 3.72. The average molecular weight is 586 g/mol. The highest BCUT2D eigenvalue weighted by molar-refractivity contribution is 6.17. The van der Waals surface area contributed by atoms with Gasteiger partial charge >= 0.3 is 0 Å². The molecular weight excluding hydrogens is 553 g/mol. The summed E-state index contributed by atoms with van der Waals surface area (Å²) >= 11 is 0. The van der Waals surface area contributed by atoms with Gasteiger partial charge in [0.15, 0.2) is 0 Å². The monoisotopic (exact) mass is 585 g/mol. The molecule has 0 radical (unpaired) electrons. The number of nitrogens with one attached hydrogen (secondary N) is 5. The van der Waals surface area contributed by atoms with E-state index in [9.17, 15) is 18.8 Å². The Hall–Kier alpha value is -4.81. The van der Waals surface area contributed by atoms with Crippen LogP contribution in [-0.2, 0) is 14.3 Å². The second kappa shape index (κ2) is 12.2. The third-order valence-electron chi connectivity index (χ3n) is 7.74. The van der Waals surface area contributed by atoms with Gasteiger partial charge < -0.3 is 31.0 Å². The van der Waals surface area contributed by atoms with Crippen LogP contribution >= 0.6 is 0 Å². The molecule has 0 unspecified atom stereocenters. The minimum Gasteiger partial charge on any atom is -0.379 e. The van der Waals surface area contributed by atoms with E-state index in [4.69, 9.17) is 4.74 Å². The zero-order chi connectivity index (χ0) is 29.8. The highest BCUT2D eigenvalue weighted by Crippen LogP contribution is 2.47. The Balaban J connectivity index is 1.05. The molecule has 3 heterocycles. The Morgan fingerprint density at radius 3 is 2.19 bits per heavy atom. The maximum Gasteiger partial charge on any atom is 0.267 e. The number of hydrogen-bond acceptors (Lipinski definition) is 7. The molecule has 2 aromatic heterocycles. The first-order chi connectivity index (χ1) is 20.9. The van der Waals surface area contributed by atoms with Gasteiger partial charge in [-0.3, -0.25) is 19.3 Å². The summed E-state index contributed by atoms with van der Waals surface area (Å²) < 4.78 is 18.5. The predicted molar refractivity (Wildman–Crippen MR) is 161 cm³/mol. The molecule has 1 aliphatic heterocycles. The van der Waals surface area contributed by atoms with E-state index in [1.807, 2.05) is 18.2 Å². The molecular formula is C31H32FN7O4. The van der Waals surface area contributed by atoms with Crippen molar-refractivity contribution in [2.24, 2.45) is 5.41 Å². The van der Waals surface area contributed by atoms with E-state index in [2.05, 4.69) is 36.1 Å². The number of pyridine rings is 1. The van der Waals surface area contributed by atoms with Crippen molar-refractivity contribution < 1.29 is 23.5 Å². The quantitative estimate of drug-likeness (QED) is 0.178. The second-order valence-electron chi connectivity index (χ2n) is 10.7. The molecule has 6 rings (SSSR count). The van der Waals surface area contributed by atoms with E-state index in [0.717, 1.165) is 36.4 Å². The van der Waals surface area contributed by atoms with Gasteiger partial charge in [0.05, 0.1) is 18.9 Å². The van der Waals surface area contributed by atoms with Gasteiger partial charge in [-0.25, -0.2) is 9.37 Å². The lowest BCUT2D eigenvalue weighted by molar-refractivity contribution is -0.131. The van der Waals surface area contributed by atoms with Gasteiger partial charge in [0, 0.05) is 54.8 Å². The molecule has 0 bridgehead atoms. The largest absolute Gasteiger partial charge is 0.379 e. The Morgan fingerprint density at radius 2 is 1.53 bits per heavy atom. The number of aromatic nitrogens is 2. The summed E-state index contributed by atoms with van der Waals surface area (Å²) in [4.78, 5) is 48.3. The number of H-pyrrole nitrogens is 1. The number of benzene rings is 2. The van der Waals surface area contributed by atoms with Crippen LogP contribution in [0.5, 0.6) is 0 Å². The lowest BCUT2D eigenvalue weighted by atomic mass is 10.0. The van der Waals surface area contributed by atoms with Crippen LogP contribution in [0, 0.1) is 11.2 Å². The summed E-state index contributed by atoms with van der Waals surface area (Å²) in [6.45, 7) is 4.47. The van der Waals surface area contributed by atoms with Crippen LogP contribution < -0.4 is 21.3 Å². The topological polar surface area (TPSA) is 140 Å². The standard InChI is InChI=1S/C31H32FN7O4/c32-20-1-3-22(4-2-20)36-29(41)31(10-11-31)30(42)37-23-7-5-21(6-8-23)35-25-9-12-33-27-24(25)19-26(38-27)28(40)34-13-14-39-15-17-43-18-16-39/h1-9,12,19H,10-11,13-18H2,(H,34,40)(H,36,41)(H,37,42)(H2,33,35,38). The van der Waals surface area contributed by atoms with Crippen LogP contribution in [0.25, 0.3) is 11.0 Å². The van der Waals surface area contributed by atoms with Crippen molar-refractivity contribution in [1.82, 2.24) is 20.2 Å². The normalized spacial score (nSPS) is 15.9. The Bertz CT molecular complexity index is 1630. The molecule has 2 aliphatic rings. The fourth-order valence-corrected chi connectivity index (χ4v) is 5.02. The van der Waals surface area contributed by atoms with Gasteiger partial charge in [0.2, 0.25) is 11.8 Å². The molecule has 5 N–H and O–H groups in total. The molecule has 43 heavy (non-hydrogen) atoms. The van der Waals surface area contributed by atoms with Gasteiger partial charge in [0.25, 0.3) is 5.91 Å². The van der Waals surface area contributed by atoms with Crippen LogP contribution in [-0.4, -0.2) is 72.0 Å². The first-order valence-electron chi connectivity index (χ1n) is 14.2. The zero-order valence-electron chi connectivity index (χ0n) is 23.4. The molecule has 4 aromatic rings. The van der Waals surface area contributed by atoms with Gasteiger partial charge in [-0.2, -0.15) is 0 Å². The molecule has 222 valence electrons. The number of fused-ring (bicyclic) bond motifs is 1. The van der Waals surface area contributed by atoms with E-state index in [0.29, 0.717) is 55.3 Å². The Morgan fingerprint density at radius 1 is 0.907 bits per heavy atom. The lowest BCUT2D eigenvalue weighted by Gasteiger charge is -2.26. The van der Waals surface area contributed by atoms with Crippen LogP contribution in [0.2, 0.25) is 0 Å². The number of rotatable bonds is 10. The highest BCUT2D eigenvalue weighted by atomic mass is 19.1. The van der Waals surface area contributed by atoms with Crippen LogP contribution in [0.3, 0.4) is 0 Å². The second-order valence-corrected chi connectivity index (χ2v) is 10.7. The first-order valence-corrected chi connectivity index (χ1v) is 14.2. The van der Waals surface area contributed by atoms with E-state index in [-0.39, 0.29) is 11.8 Å². The zero-order valence-corrected chi connectivity index (χ0v) is 23.4. The summed E-state index contributed by atoms with van der Waals surface area (Å²) in [7, 11) is 0. The van der Waals surface area contributed by atoms with E-state index in [1.165, 1.54) is 24.3 Å². The van der Waals surface area contributed by atoms with Gasteiger partial charge in [-0.05, 0) is 73.5 Å². The number of aromatic amines is 1. The predicted octanol–water partition coefficient (Wildman–Crippen LogP) is 3.87. The number of hydrogen-bond donors (Lipinski definition) is 5. The highest BCUT2D eigenvalue weighted by Gasteiger charge is 2.56. The molecule has 1 saturated carbocycles. The number of carbonyl (C=O) groups is 3.